The molecule has 2 aromatic rings. The van der Waals surface area contributed by atoms with Gasteiger partial charge in [0.05, 0.1) is 25.1 Å². The van der Waals surface area contributed by atoms with Crippen LogP contribution in [0.4, 0.5) is 5.95 Å². The number of nitrogens with one attached hydrogen (secondary N) is 2. The summed E-state index contributed by atoms with van der Waals surface area (Å²) in [5.74, 6) is -0.422. The van der Waals surface area contributed by atoms with Gasteiger partial charge in [-0.15, -0.1) is 0 Å². The lowest BCUT2D eigenvalue weighted by atomic mass is 10.2. The van der Waals surface area contributed by atoms with E-state index >= 15 is 0 Å². The molecule has 2 aromatic heterocycles. The van der Waals surface area contributed by atoms with Crippen LogP contribution in [-0.2, 0) is 18.5 Å². The molecular formula is C20H34N5O5PSi. The molecule has 1 saturated heterocycles. The molecule has 1 aliphatic rings. The predicted octanol–water partition coefficient (Wildman–Crippen LogP) is 3.20. The van der Waals surface area contributed by atoms with Crippen LogP contribution in [0, 0.1) is 5.92 Å². The van der Waals surface area contributed by atoms with Gasteiger partial charge >= 0.3 is 0 Å². The smallest absolute Gasteiger partial charge is 0.280 e. The maximum atomic E-state index is 12.6. The lowest BCUT2D eigenvalue weighted by molar-refractivity contribution is -0.118. The van der Waals surface area contributed by atoms with E-state index in [0.29, 0.717) is 18.7 Å². The Labute approximate surface area is 191 Å². The van der Waals surface area contributed by atoms with Crippen molar-refractivity contribution in [3.63, 3.8) is 0 Å². The Hall–Kier alpha value is -1.65. The molecule has 10 nitrogen and oxygen atoms in total. The molecule has 1 unspecified atom stereocenters. The Balaban J connectivity index is 2.00. The van der Waals surface area contributed by atoms with E-state index in [2.05, 4.69) is 63.6 Å². The summed E-state index contributed by atoms with van der Waals surface area (Å²) in [6, 6.07) is 0. The van der Waals surface area contributed by atoms with Crippen LogP contribution in [0.1, 0.15) is 47.3 Å². The second-order valence-electron chi connectivity index (χ2n) is 10.0. The number of fused-ring (bicyclic) bond motifs is 1. The SMILES string of the molecule is CC(C)C(=O)Nc1nc2c(ncn2[C@@H]2O[C@H](COP)C[C@H]2O[Si](C)(C)C(C)(C)C)c(=O)[nH]1. The molecule has 12 heteroatoms. The van der Waals surface area contributed by atoms with Crippen molar-refractivity contribution in [3.05, 3.63) is 16.7 Å². The monoisotopic (exact) mass is 483 g/mol. The van der Waals surface area contributed by atoms with Crippen molar-refractivity contribution in [1.82, 2.24) is 19.5 Å². The number of ether oxygens (including phenoxy) is 1. The van der Waals surface area contributed by atoms with Crippen LogP contribution in [0.3, 0.4) is 0 Å². The van der Waals surface area contributed by atoms with Crippen molar-refractivity contribution in [3.8, 4) is 0 Å². The number of hydrogen-bond acceptors (Lipinski definition) is 7. The summed E-state index contributed by atoms with van der Waals surface area (Å²) in [7, 11) is 0.139. The zero-order valence-corrected chi connectivity index (χ0v) is 21.9. The van der Waals surface area contributed by atoms with Crippen LogP contribution in [0.5, 0.6) is 0 Å². The van der Waals surface area contributed by atoms with Gasteiger partial charge in [0.25, 0.3) is 5.56 Å². The van der Waals surface area contributed by atoms with Crippen molar-refractivity contribution < 1.29 is 18.5 Å². The second kappa shape index (κ2) is 9.30. The Morgan fingerprint density at radius 2 is 2.12 bits per heavy atom. The number of carbonyl (C=O) groups excluding carboxylic acids is 1. The number of carbonyl (C=O) groups is 1. The molecule has 178 valence electrons. The first-order valence-electron chi connectivity index (χ1n) is 10.8. The molecule has 0 aliphatic carbocycles. The summed E-state index contributed by atoms with van der Waals surface area (Å²) in [6.07, 6.45) is 1.23. The van der Waals surface area contributed by atoms with Gasteiger partial charge in [-0.1, -0.05) is 34.6 Å². The number of imidazole rings is 1. The largest absolute Gasteiger partial charge is 0.409 e. The zero-order valence-electron chi connectivity index (χ0n) is 19.8. The van der Waals surface area contributed by atoms with E-state index in [1.807, 2.05) is 0 Å². The highest BCUT2D eigenvalue weighted by Crippen LogP contribution is 2.42. The highest BCUT2D eigenvalue weighted by molar-refractivity contribution is 7.09. The van der Waals surface area contributed by atoms with E-state index in [-0.39, 0.29) is 40.5 Å². The summed E-state index contributed by atoms with van der Waals surface area (Å²) >= 11 is 0. The normalized spacial score (nSPS) is 22.1. The molecular weight excluding hydrogens is 449 g/mol. The van der Waals surface area contributed by atoms with E-state index < -0.39 is 20.1 Å². The topological polar surface area (TPSA) is 120 Å². The lowest BCUT2D eigenvalue weighted by Gasteiger charge is -2.39. The van der Waals surface area contributed by atoms with Crippen molar-refractivity contribution in [2.75, 3.05) is 11.9 Å². The first kappa shape index (κ1) is 25.0. The molecule has 0 bridgehead atoms. The third kappa shape index (κ3) is 5.12. The van der Waals surface area contributed by atoms with E-state index in [9.17, 15) is 9.59 Å². The van der Waals surface area contributed by atoms with Gasteiger partial charge < -0.3 is 13.7 Å². The van der Waals surface area contributed by atoms with E-state index in [4.69, 9.17) is 13.7 Å². The van der Waals surface area contributed by atoms with Gasteiger partial charge in [-0.3, -0.25) is 24.5 Å². The maximum absolute atomic E-state index is 12.6. The number of nitrogens with zero attached hydrogens (tertiary/aromatic N) is 3. The fourth-order valence-corrected chi connectivity index (χ4v) is 4.81. The molecule has 4 atom stereocenters. The highest BCUT2D eigenvalue weighted by Gasteiger charge is 2.45. The Morgan fingerprint density at radius 3 is 2.72 bits per heavy atom. The number of H-pyrrole nitrogens is 1. The Kier molecular flexibility index (Phi) is 7.26. The van der Waals surface area contributed by atoms with Crippen molar-refractivity contribution in [2.45, 2.75) is 77.6 Å². The van der Waals surface area contributed by atoms with Crippen molar-refractivity contribution in [2.24, 2.45) is 5.92 Å². The van der Waals surface area contributed by atoms with Crippen molar-refractivity contribution in [1.29, 1.82) is 0 Å². The molecule has 0 aromatic carbocycles. The van der Waals surface area contributed by atoms with Crippen LogP contribution < -0.4 is 10.9 Å². The number of aromatic amines is 1. The third-order valence-corrected chi connectivity index (χ3v) is 10.8. The van der Waals surface area contributed by atoms with E-state index in [1.54, 1.807) is 18.4 Å². The van der Waals surface area contributed by atoms with Gasteiger partial charge in [0.15, 0.2) is 25.7 Å². The molecule has 32 heavy (non-hydrogen) atoms. The molecule has 0 spiro atoms. The molecule has 0 saturated carbocycles. The Bertz CT molecular complexity index is 1030. The van der Waals surface area contributed by atoms with Gasteiger partial charge in [-0.2, -0.15) is 4.98 Å². The summed E-state index contributed by atoms with van der Waals surface area (Å²) in [6.45, 7) is 14.9. The maximum Gasteiger partial charge on any atom is 0.280 e. The summed E-state index contributed by atoms with van der Waals surface area (Å²) in [5.41, 5.74) is 0.0690. The van der Waals surface area contributed by atoms with Gasteiger partial charge in [0, 0.05) is 21.8 Å². The van der Waals surface area contributed by atoms with Crippen LogP contribution in [0.25, 0.3) is 11.2 Å². The fraction of sp³-hybridized carbons (Fsp3) is 0.700. The number of anilines is 1. The first-order chi connectivity index (χ1) is 14.8. The quantitative estimate of drug-likeness (QED) is 0.458. The summed E-state index contributed by atoms with van der Waals surface area (Å²) in [5, 5.41) is 2.67. The van der Waals surface area contributed by atoms with E-state index in [0.717, 1.165) is 0 Å². The molecule has 3 heterocycles. The minimum atomic E-state index is -2.11. The molecule has 0 radical (unpaired) electrons. The van der Waals surface area contributed by atoms with Gasteiger partial charge in [-0.25, -0.2) is 4.98 Å². The standard InChI is InChI=1S/C20H34N5O5PSi/c1-11(2)16(26)23-19-22-15-14(17(27)24-19)21-10-25(15)18-13(8-12(29-18)9-28-31)30-32(6,7)20(3,4)5/h10-13,18H,8-9,31H2,1-7H3,(H2,22,23,24,26,27)/t12-,13+,18+/m0/s1. The van der Waals surface area contributed by atoms with Gasteiger partial charge in [0.2, 0.25) is 11.9 Å². The number of hydrogen-bond donors (Lipinski definition) is 2. The van der Waals surface area contributed by atoms with Crippen LogP contribution in [-0.4, -0.2) is 52.6 Å². The van der Waals surface area contributed by atoms with Gasteiger partial charge in [0.1, 0.15) is 0 Å². The molecule has 1 aliphatic heterocycles. The average Bonchev–Trinajstić information content (AvgIpc) is 3.24. The summed E-state index contributed by atoms with van der Waals surface area (Å²) < 4.78 is 19.9. The predicted molar refractivity (Wildman–Crippen MR) is 128 cm³/mol. The minimum absolute atomic E-state index is 0.0213. The second-order valence-corrected chi connectivity index (χ2v) is 15.1. The molecule has 2 N–H and O–H groups in total. The van der Waals surface area contributed by atoms with Crippen LogP contribution in [0.2, 0.25) is 18.1 Å². The highest BCUT2D eigenvalue weighted by atomic mass is 31.0. The lowest BCUT2D eigenvalue weighted by Crippen LogP contribution is -2.45. The Morgan fingerprint density at radius 1 is 1.44 bits per heavy atom. The first-order valence-corrected chi connectivity index (χ1v) is 14.1. The van der Waals surface area contributed by atoms with E-state index in [1.165, 1.54) is 6.33 Å². The summed E-state index contributed by atoms with van der Waals surface area (Å²) in [4.78, 5) is 36.0. The third-order valence-electron chi connectivity index (χ3n) is 6.15. The number of amides is 1. The van der Waals surface area contributed by atoms with Crippen LogP contribution >= 0.6 is 9.47 Å². The molecule has 3 rings (SSSR count). The molecule has 1 amide bonds. The molecule has 1 fully saturated rings. The average molecular weight is 484 g/mol. The zero-order chi connectivity index (χ0) is 23.8. The fourth-order valence-electron chi connectivity index (χ4n) is 3.27. The van der Waals surface area contributed by atoms with Crippen LogP contribution in [0.15, 0.2) is 11.1 Å². The van der Waals surface area contributed by atoms with Gasteiger partial charge in [-0.05, 0) is 18.1 Å². The number of aromatic nitrogens is 4. The van der Waals surface area contributed by atoms with Crippen molar-refractivity contribution >= 4 is 40.8 Å². The minimum Gasteiger partial charge on any atom is -0.409 e. The number of rotatable bonds is 7.